The molecule has 1 heterocycles. The predicted molar refractivity (Wildman–Crippen MR) is 49.1 cm³/mol. The van der Waals surface area contributed by atoms with Gasteiger partial charge in [-0.15, -0.1) is 0 Å². The van der Waals surface area contributed by atoms with Crippen LogP contribution >= 0.6 is 0 Å². The van der Waals surface area contributed by atoms with Crippen molar-refractivity contribution in [2.75, 3.05) is 11.1 Å². The largest absolute Gasteiger partial charge is 0.396 e. The normalized spacial score (nSPS) is 26.5. The predicted octanol–water partition coefficient (Wildman–Crippen LogP) is -0.00600. The van der Waals surface area contributed by atoms with Gasteiger partial charge >= 0.3 is 0 Å². The first kappa shape index (κ1) is 8.25. The minimum atomic E-state index is -0.161. The summed E-state index contributed by atoms with van der Waals surface area (Å²) >= 11 is 0. The van der Waals surface area contributed by atoms with E-state index in [1.807, 2.05) is 0 Å². The lowest BCUT2D eigenvalue weighted by molar-refractivity contribution is 0.0834. The molecule has 0 aliphatic heterocycles. The fourth-order valence-electron chi connectivity index (χ4n) is 1.30. The molecule has 1 aliphatic rings. The summed E-state index contributed by atoms with van der Waals surface area (Å²) in [5.41, 5.74) is 5.99. The molecule has 0 spiro atoms. The van der Waals surface area contributed by atoms with Gasteiger partial charge in [0.1, 0.15) is 0 Å². The smallest absolute Gasteiger partial charge is 0.222 e. The average molecular weight is 180 g/mol. The highest BCUT2D eigenvalue weighted by Crippen LogP contribution is 2.22. The number of aliphatic hydroxyl groups excluding tert-OH is 1. The first-order valence-corrected chi connectivity index (χ1v) is 4.26. The molecule has 1 aliphatic carbocycles. The van der Waals surface area contributed by atoms with Crippen molar-refractivity contribution in [2.45, 2.75) is 25.0 Å². The van der Waals surface area contributed by atoms with Gasteiger partial charge in [-0.05, 0) is 12.8 Å². The molecule has 5 heteroatoms. The van der Waals surface area contributed by atoms with E-state index >= 15 is 0 Å². The van der Waals surface area contributed by atoms with Gasteiger partial charge in [-0.1, -0.05) is 0 Å². The minimum Gasteiger partial charge on any atom is -0.396 e. The Morgan fingerprint density at radius 1 is 1.38 bits per heavy atom. The Kier molecular flexibility index (Phi) is 2.02. The molecule has 0 unspecified atom stereocenters. The van der Waals surface area contributed by atoms with Crippen LogP contribution < -0.4 is 11.1 Å². The van der Waals surface area contributed by atoms with Crippen molar-refractivity contribution in [3.8, 4) is 0 Å². The second kappa shape index (κ2) is 3.18. The third kappa shape index (κ3) is 1.86. The van der Waals surface area contributed by atoms with Crippen LogP contribution in [0.1, 0.15) is 12.8 Å². The molecular weight excluding hydrogens is 168 g/mol. The molecule has 1 aromatic heterocycles. The van der Waals surface area contributed by atoms with Gasteiger partial charge in [0.25, 0.3) is 0 Å². The van der Waals surface area contributed by atoms with Crippen LogP contribution in [-0.2, 0) is 0 Å². The third-order valence-corrected chi connectivity index (χ3v) is 2.12. The second-order valence-corrected chi connectivity index (χ2v) is 3.31. The molecule has 1 saturated carbocycles. The Bertz CT molecular complexity index is 281. The van der Waals surface area contributed by atoms with Gasteiger partial charge in [-0.2, -0.15) is 0 Å². The van der Waals surface area contributed by atoms with Gasteiger partial charge in [0, 0.05) is 6.04 Å². The Hall–Kier alpha value is -1.36. The summed E-state index contributed by atoms with van der Waals surface area (Å²) in [4.78, 5) is 7.99. The van der Waals surface area contributed by atoms with E-state index < -0.39 is 0 Å². The fraction of sp³-hybridized carbons (Fsp3) is 0.500. The van der Waals surface area contributed by atoms with Crippen LogP contribution in [0.15, 0.2) is 12.4 Å². The summed E-state index contributed by atoms with van der Waals surface area (Å²) in [6, 6.07) is 0.304. The number of aromatic nitrogens is 2. The number of anilines is 2. The van der Waals surface area contributed by atoms with Crippen LogP contribution in [0, 0.1) is 0 Å². The molecule has 70 valence electrons. The zero-order valence-corrected chi connectivity index (χ0v) is 7.14. The number of nitrogens with two attached hydrogens (primary N) is 1. The maximum absolute atomic E-state index is 9.04. The van der Waals surface area contributed by atoms with Crippen molar-refractivity contribution in [3.63, 3.8) is 0 Å². The van der Waals surface area contributed by atoms with Crippen molar-refractivity contribution < 1.29 is 5.11 Å². The molecule has 0 bridgehead atoms. The number of hydrogen-bond acceptors (Lipinski definition) is 5. The first-order chi connectivity index (χ1) is 6.24. The van der Waals surface area contributed by atoms with Crippen LogP contribution in [0.25, 0.3) is 0 Å². The summed E-state index contributed by atoms with van der Waals surface area (Å²) in [6.07, 6.45) is 4.50. The molecule has 0 atom stereocenters. The summed E-state index contributed by atoms with van der Waals surface area (Å²) in [6.45, 7) is 0. The lowest BCUT2D eigenvalue weighted by Gasteiger charge is -2.31. The minimum absolute atomic E-state index is 0.161. The zero-order valence-electron chi connectivity index (χ0n) is 7.14. The summed E-state index contributed by atoms with van der Waals surface area (Å²) in [7, 11) is 0. The van der Waals surface area contributed by atoms with Crippen molar-refractivity contribution in [3.05, 3.63) is 12.4 Å². The highest BCUT2D eigenvalue weighted by molar-refractivity contribution is 5.36. The van der Waals surface area contributed by atoms with E-state index in [1.165, 1.54) is 0 Å². The van der Waals surface area contributed by atoms with Gasteiger partial charge in [-0.3, -0.25) is 0 Å². The van der Waals surface area contributed by atoms with E-state index in [1.54, 1.807) is 12.4 Å². The van der Waals surface area contributed by atoms with Gasteiger partial charge in [0.05, 0.1) is 24.2 Å². The van der Waals surface area contributed by atoms with Crippen molar-refractivity contribution in [1.29, 1.82) is 0 Å². The monoisotopic (exact) mass is 180 g/mol. The molecule has 1 aromatic rings. The number of rotatable bonds is 2. The molecule has 0 radical (unpaired) electrons. The molecule has 2 rings (SSSR count). The molecule has 0 aromatic carbocycles. The maximum Gasteiger partial charge on any atom is 0.222 e. The molecule has 1 fully saturated rings. The molecule has 0 saturated heterocycles. The molecule has 0 amide bonds. The molecule has 5 nitrogen and oxygen atoms in total. The highest BCUT2D eigenvalue weighted by Gasteiger charge is 2.27. The first-order valence-electron chi connectivity index (χ1n) is 4.26. The van der Waals surface area contributed by atoms with Crippen LogP contribution in [0.4, 0.5) is 11.6 Å². The number of nitrogens with zero attached hydrogens (tertiary/aromatic N) is 2. The van der Waals surface area contributed by atoms with Crippen molar-refractivity contribution in [1.82, 2.24) is 9.97 Å². The summed E-state index contributed by atoms with van der Waals surface area (Å²) in [5.74, 6) is 0.575. The van der Waals surface area contributed by atoms with Crippen LogP contribution in [0.3, 0.4) is 0 Å². The third-order valence-electron chi connectivity index (χ3n) is 2.12. The highest BCUT2D eigenvalue weighted by atomic mass is 16.3. The fourth-order valence-corrected chi connectivity index (χ4v) is 1.30. The molecule has 4 N–H and O–H groups in total. The van der Waals surface area contributed by atoms with Gasteiger partial charge in [0.2, 0.25) is 5.95 Å². The molecule has 13 heavy (non-hydrogen) atoms. The number of hydrogen-bond donors (Lipinski definition) is 3. The quantitative estimate of drug-likeness (QED) is 0.596. The lowest BCUT2D eigenvalue weighted by Crippen LogP contribution is -2.39. The van der Waals surface area contributed by atoms with E-state index in [4.69, 9.17) is 10.8 Å². The Labute approximate surface area is 76.0 Å². The van der Waals surface area contributed by atoms with Crippen LogP contribution in [0.5, 0.6) is 0 Å². The zero-order chi connectivity index (χ0) is 9.26. The Morgan fingerprint density at radius 3 is 2.54 bits per heavy atom. The number of aliphatic hydroxyl groups is 1. The maximum atomic E-state index is 9.04. The van der Waals surface area contributed by atoms with Crippen LogP contribution in [-0.4, -0.2) is 27.2 Å². The summed E-state index contributed by atoms with van der Waals surface area (Å²) in [5, 5.41) is 12.1. The number of nitrogen functional groups attached to an aromatic ring is 1. The van der Waals surface area contributed by atoms with Crippen molar-refractivity contribution in [2.24, 2.45) is 0 Å². The summed E-state index contributed by atoms with van der Waals surface area (Å²) < 4.78 is 0. The van der Waals surface area contributed by atoms with Gasteiger partial charge < -0.3 is 16.2 Å². The Balaban J connectivity index is 1.91. The van der Waals surface area contributed by atoms with Crippen LogP contribution in [0.2, 0.25) is 0 Å². The van der Waals surface area contributed by atoms with Gasteiger partial charge in [0.15, 0.2) is 0 Å². The Morgan fingerprint density at radius 2 is 2.00 bits per heavy atom. The molecular formula is C8H12N4O. The number of nitrogens with one attached hydrogen (secondary N) is 1. The van der Waals surface area contributed by atoms with E-state index in [2.05, 4.69) is 15.3 Å². The van der Waals surface area contributed by atoms with E-state index in [0.29, 0.717) is 17.7 Å². The van der Waals surface area contributed by atoms with Crippen molar-refractivity contribution >= 4 is 11.6 Å². The van der Waals surface area contributed by atoms with Gasteiger partial charge in [-0.25, -0.2) is 9.97 Å². The topological polar surface area (TPSA) is 84.1 Å². The standard InChI is InChI=1S/C8H12N4O/c9-5-3-10-8(11-4-5)12-6-1-7(13)2-6/h3-4,6-7,13H,1-2,9H2,(H,10,11,12)/t6-,7-. The van der Waals surface area contributed by atoms with E-state index in [0.717, 1.165) is 12.8 Å². The lowest BCUT2D eigenvalue weighted by atomic mass is 9.90. The van der Waals surface area contributed by atoms with E-state index in [-0.39, 0.29) is 6.10 Å². The van der Waals surface area contributed by atoms with E-state index in [9.17, 15) is 0 Å². The average Bonchev–Trinajstić information content (AvgIpc) is 2.06. The SMILES string of the molecule is Nc1cnc(N[C@H]2C[C@H](O)C2)nc1. The second-order valence-electron chi connectivity index (χ2n) is 3.31.